The van der Waals surface area contributed by atoms with Crippen LogP contribution in [0.2, 0.25) is 0 Å². The number of nitrogens with zero attached hydrogens (tertiary/aromatic N) is 1. The van der Waals surface area contributed by atoms with Crippen LogP contribution in [0.3, 0.4) is 0 Å². The van der Waals surface area contributed by atoms with Crippen molar-refractivity contribution in [3.8, 4) is 11.5 Å². The molecule has 0 radical (unpaired) electrons. The highest BCUT2D eigenvalue weighted by Crippen LogP contribution is 2.32. The lowest BCUT2D eigenvalue weighted by Gasteiger charge is -2.23. The second-order valence-electron chi connectivity index (χ2n) is 5.39. The van der Waals surface area contributed by atoms with E-state index in [-0.39, 0.29) is 5.92 Å². The van der Waals surface area contributed by atoms with Gasteiger partial charge < -0.3 is 9.84 Å². The van der Waals surface area contributed by atoms with E-state index in [4.69, 9.17) is 11.3 Å². The number of aryl methyl sites for hydroxylation is 1. The van der Waals surface area contributed by atoms with Crippen molar-refractivity contribution < 1.29 is 9.84 Å². The molecule has 2 unspecified atom stereocenters. The highest BCUT2D eigenvalue weighted by molar-refractivity contribution is 5.40. The Labute approximate surface area is 124 Å². The van der Waals surface area contributed by atoms with Gasteiger partial charge in [-0.05, 0) is 54.7 Å². The summed E-state index contributed by atoms with van der Waals surface area (Å²) in [6.07, 6.45) is 1.63. The Kier molecular flexibility index (Phi) is 3.89. The monoisotopic (exact) mass is 279 g/mol. The molecule has 0 saturated heterocycles. The van der Waals surface area contributed by atoms with E-state index in [0.29, 0.717) is 0 Å². The fourth-order valence-corrected chi connectivity index (χ4v) is 2.81. The molecule has 3 rings (SSSR count). The van der Waals surface area contributed by atoms with Gasteiger partial charge in [0.1, 0.15) is 11.5 Å². The summed E-state index contributed by atoms with van der Waals surface area (Å²) in [6.45, 7) is 6.94. The van der Waals surface area contributed by atoms with Gasteiger partial charge in [0.2, 0.25) is 0 Å². The summed E-state index contributed by atoms with van der Waals surface area (Å²) in [5.41, 5.74) is 2.48. The molecule has 0 amide bonds. The first kappa shape index (κ1) is 13.7. The van der Waals surface area contributed by atoms with Gasteiger partial charge in [0.25, 0.3) is 0 Å². The van der Waals surface area contributed by atoms with Crippen molar-refractivity contribution in [3.05, 3.63) is 71.1 Å². The molecule has 0 saturated carbocycles. The summed E-state index contributed by atoms with van der Waals surface area (Å²) >= 11 is 0. The summed E-state index contributed by atoms with van der Waals surface area (Å²) in [6, 6.07) is 15.8. The topological polar surface area (TPSA) is 33.8 Å². The lowest BCUT2D eigenvalue weighted by atomic mass is 9.83. The van der Waals surface area contributed by atoms with Crippen molar-refractivity contribution in [1.82, 2.24) is 0 Å². The smallest absolute Gasteiger partial charge is 0.328 e. The van der Waals surface area contributed by atoms with Gasteiger partial charge in [-0.15, -0.1) is 0 Å². The predicted octanol–water partition coefficient (Wildman–Crippen LogP) is 3.82. The van der Waals surface area contributed by atoms with Gasteiger partial charge in [0, 0.05) is 0 Å². The van der Waals surface area contributed by atoms with Crippen LogP contribution in [0.25, 0.3) is 4.85 Å². The molecular formula is C18H17NO2. The van der Waals surface area contributed by atoms with Crippen LogP contribution in [-0.4, -0.2) is 11.3 Å². The lowest BCUT2D eigenvalue weighted by Crippen LogP contribution is -2.24. The number of fused-ring (bicyclic) bond motifs is 1. The molecule has 3 heteroatoms. The molecule has 0 bridgehead atoms. The third-order valence-electron chi connectivity index (χ3n) is 3.98. The molecule has 2 atom stereocenters. The number of hydrogen-bond donors (Lipinski definition) is 1. The minimum absolute atomic E-state index is 0.0518. The quantitative estimate of drug-likeness (QED) is 0.867. The number of para-hydroxylation sites is 1. The van der Waals surface area contributed by atoms with Crippen LogP contribution in [-0.2, 0) is 12.8 Å². The van der Waals surface area contributed by atoms with Crippen molar-refractivity contribution in [2.75, 3.05) is 0 Å². The average molecular weight is 279 g/mol. The average Bonchev–Trinajstić information content (AvgIpc) is 2.54. The zero-order chi connectivity index (χ0) is 14.7. The molecule has 2 aromatic rings. The zero-order valence-corrected chi connectivity index (χ0v) is 11.7. The number of hydrogen-bond acceptors (Lipinski definition) is 2. The van der Waals surface area contributed by atoms with Crippen molar-refractivity contribution in [3.63, 3.8) is 0 Å². The molecule has 106 valence electrons. The molecule has 21 heavy (non-hydrogen) atoms. The molecule has 0 heterocycles. The van der Waals surface area contributed by atoms with E-state index in [1.165, 1.54) is 11.1 Å². The van der Waals surface area contributed by atoms with Gasteiger partial charge in [-0.3, -0.25) is 4.85 Å². The predicted molar refractivity (Wildman–Crippen MR) is 81.1 cm³/mol. The van der Waals surface area contributed by atoms with Crippen LogP contribution >= 0.6 is 0 Å². The maximum Gasteiger partial charge on any atom is 0.328 e. The Morgan fingerprint density at radius 3 is 2.67 bits per heavy atom. The second kappa shape index (κ2) is 5.99. The van der Waals surface area contributed by atoms with Gasteiger partial charge in [-0.1, -0.05) is 24.3 Å². The number of benzene rings is 2. The van der Waals surface area contributed by atoms with Crippen LogP contribution < -0.4 is 4.74 Å². The van der Waals surface area contributed by atoms with Crippen molar-refractivity contribution in [1.29, 1.82) is 0 Å². The molecule has 0 spiro atoms. The Balaban J connectivity index is 1.76. The first-order valence-corrected chi connectivity index (χ1v) is 7.15. The van der Waals surface area contributed by atoms with E-state index in [2.05, 4.69) is 17.0 Å². The molecule has 3 nitrogen and oxygen atoms in total. The van der Waals surface area contributed by atoms with Crippen molar-refractivity contribution >= 4 is 0 Å². The molecule has 2 aromatic carbocycles. The van der Waals surface area contributed by atoms with Gasteiger partial charge in [-0.25, -0.2) is 6.57 Å². The Hall–Kier alpha value is -2.31. The molecule has 0 fully saturated rings. The summed E-state index contributed by atoms with van der Waals surface area (Å²) in [5, 5.41) is 9.68. The van der Waals surface area contributed by atoms with Gasteiger partial charge in [0.05, 0.1) is 5.92 Å². The summed E-state index contributed by atoms with van der Waals surface area (Å²) in [7, 11) is 0. The van der Waals surface area contributed by atoms with E-state index < -0.39 is 6.23 Å². The maximum atomic E-state index is 9.68. The Morgan fingerprint density at radius 2 is 1.90 bits per heavy atom. The fraction of sp³-hybridized carbons (Fsp3) is 0.278. The minimum atomic E-state index is -0.876. The van der Waals surface area contributed by atoms with E-state index in [1.807, 2.05) is 36.4 Å². The first-order valence-electron chi connectivity index (χ1n) is 7.15. The van der Waals surface area contributed by atoms with E-state index in [9.17, 15) is 5.11 Å². The fourth-order valence-electron chi connectivity index (χ4n) is 2.81. The summed E-state index contributed by atoms with van der Waals surface area (Å²) < 4.78 is 5.84. The Morgan fingerprint density at radius 1 is 1.10 bits per heavy atom. The highest BCUT2D eigenvalue weighted by Gasteiger charge is 2.28. The molecule has 1 aliphatic rings. The Bertz CT molecular complexity index is 661. The maximum absolute atomic E-state index is 9.68. The van der Waals surface area contributed by atoms with Crippen molar-refractivity contribution in [2.24, 2.45) is 5.92 Å². The molecule has 0 aliphatic heterocycles. The molecular weight excluding hydrogens is 262 g/mol. The zero-order valence-electron chi connectivity index (χ0n) is 11.7. The van der Waals surface area contributed by atoms with Gasteiger partial charge in [0.15, 0.2) is 0 Å². The number of aliphatic hydroxyl groups is 1. The minimum Gasteiger partial charge on any atom is -0.457 e. The van der Waals surface area contributed by atoms with Crippen molar-refractivity contribution in [2.45, 2.75) is 25.5 Å². The number of rotatable bonds is 3. The van der Waals surface area contributed by atoms with Crippen LogP contribution in [0.1, 0.15) is 17.5 Å². The lowest BCUT2D eigenvalue weighted by molar-refractivity contribution is 0.140. The second-order valence-corrected chi connectivity index (χ2v) is 5.39. The number of ether oxygens (including phenoxy) is 1. The van der Waals surface area contributed by atoms with E-state index >= 15 is 0 Å². The summed E-state index contributed by atoms with van der Waals surface area (Å²) in [5.74, 6) is 1.72. The van der Waals surface area contributed by atoms with Gasteiger partial charge >= 0.3 is 6.23 Å². The van der Waals surface area contributed by atoms with Crippen LogP contribution in [0.4, 0.5) is 0 Å². The number of aliphatic hydroxyl groups excluding tert-OH is 1. The summed E-state index contributed by atoms with van der Waals surface area (Å²) in [4.78, 5) is 3.24. The largest absolute Gasteiger partial charge is 0.457 e. The molecule has 0 aromatic heterocycles. The third kappa shape index (κ3) is 3.07. The van der Waals surface area contributed by atoms with E-state index in [1.54, 1.807) is 0 Å². The SMILES string of the molecule is [C-]#[N+]C(O)C1CCc2cc(Oc3ccccc3)ccc2C1. The van der Waals surface area contributed by atoms with Crippen LogP contribution in [0.15, 0.2) is 48.5 Å². The standard InChI is InChI=1S/C18H17NO2/c1-19-18(20)15-8-7-14-12-17(10-9-13(14)11-15)21-16-5-3-2-4-6-16/h2-6,9-10,12,15,18,20H,7-8,11H2. The van der Waals surface area contributed by atoms with Gasteiger partial charge in [-0.2, -0.15) is 0 Å². The highest BCUT2D eigenvalue weighted by atomic mass is 16.5. The van der Waals surface area contributed by atoms with Crippen LogP contribution in [0.5, 0.6) is 11.5 Å². The first-order chi connectivity index (χ1) is 10.3. The normalized spacial score (nSPS) is 18.4. The van der Waals surface area contributed by atoms with Crippen LogP contribution in [0, 0.1) is 12.5 Å². The van der Waals surface area contributed by atoms with E-state index in [0.717, 1.165) is 30.8 Å². The molecule has 1 N–H and O–H groups in total. The third-order valence-corrected chi connectivity index (χ3v) is 3.98. The molecule has 1 aliphatic carbocycles.